The van der Waals surface area contributed by atoms with Crippen molar-refractivity contribution in [2.75, 3.05) is 11.6 Å². The average Bonchev–Trinajstić information content (AvgIpc) is 2.99. The summed E-state index contributed by atoms with van der Waals surface area (Å²) in [5.41, 5.74) is 0.773. The number of rotatable bonds is 7. The Morgan fingerprint density at radius 2 is 1.84 bits per heavy atom. The fourth-order valence-electron chi connectivity index (χ4n) is 1.92. The Morgan fingerprint density at radius 3 is 2.44 bits per heavy atom. The van der Waals surface area contributed by atoms with Crippen LogP contribution in [-0.2, 0) is 32.5 Å². The summed E-state index contributed by atoms with van der Waals surface area (Å²) in [6.07, 6.45) is 2.93. The lowest BCUT2D eigenvalue weighted by Gasteiger charge is -2.06. The number of amides is 2. The van der Waals surface area contributed by atoms with Crippen LogP contribution in [0.1, 0.15) is 18.9 Å². The van der Waals surface area contributed by atoms with Crippen LogP contribution in [0.15, 0.2) is 35.4 Å². The van der Waals surface area contributed by atoms with E-state index in [9.17, 15) is 18.0 Å². The van der Waals surface area contributed by atoms with Crippen LogP contribution in [-0.4, -0.2) is 41.5 Å². The van der Waals surface area contributed by atoms with Gasteiger partial charge in [0.1, 0.15) is 6.54 Å². The molecule has 10 heteroatoms. The van der Waals surface area contributed by atoms with Gasteiger partial charge >= 0.3 is 0 Å². The van der Waals surface area contributed by atoms with E-state index in [1.807, 2.05) is 0 Å². The molecule has 0 atom stereocenters. The molecule has 2 aromatic rings. The second kappa shape index (κ2) is 7.88. The molecule has 2 amide bonds. The fraction of sp³-hybridized carbons (Fsp3) is 0.333. The maximum atomic E-state index is 11.9. The van der Waals surface area contributed by atoms with Crippen LogP contribution in [0.2, 0.25) is 0 Å². The lowest BCUT2D eigenvalue weighted by atomic mass is 10.2. The van der Waals surface area contributed by atoms with Crippen molar-refractivity contribution in [1.82, 2.24) is 20.3 Å². The van der Waals surface area contributed by atoms with Crippen molar-refractivity contribution >= 4 is 27.5 Å². The third-order valence-electron chi connectivity index (χ3n) is 3.27. The van der Waals surface area contributed by atoms with E-state index in [2.05, 4.69) is 20.9 Å². The minimum atomic E-state index is -3.24. The van der Waals surface area contributed by atoms with Crippen molar-refractivity contribution in [3.8, 4) is 0 Å². The number of sulfone groups is 1. The van der Waals surface area contributed by atoms with Crippen LogP contribution in [0.5, 0.6) is 0 Å². The smallest absolute Gasteiger partial charge is 0.242 e. The molecule has 0 aliphatic heterocycles. The molecule has 1 aromatic heterocycles. The summed E-state index contributed by atoms with van der Waals surface area (Å²) in [6.45, 7) is 1.93. The Morgan fingerprint density at radius 1 is 1.16 bits per heavy atom. The first kappa shape index (κ1) is 18.6. The lowest BCUT2D eigenvalue weighted by Crippen LogP contribution is -2.27. The van der Waals surface area contributed by atoms with Gasteiger partial charge < -0.3 is 10.6 Å². The van der Waals surface area contributed by atoms with Crippen LogP contribution in [0.3, 0.4) is 0 Å². The fourth-order valence-corrected chi connectivity index (χ4v) is 2.55. The topological polar surface area (TPSA) is 123 Å². The highest BCUT2D eigenvalue weighted by Gasteiger charge is 2.09. The Hall–Kier alpha value is -2.75. The molecule has 0 aliphatic rings. The normalized spacial score (nSPS) is 11.1. The van der Waals surface area contributed by atoms with Gasteiger partial charge in [0.05, 0.1) is 11.1 Å². The lowest BCUT2D eigenvalue weighted by molar-refractivity contribution is -0.122. The van der Waals surface area contributed by atoms with Gasteiger partial charge in [-0.2, -0.15) is 0 Å². The highest BCUT2D eigenvalue weighted by molar-refractivity contribution is 7.90. The van der Waals surface area contributed by atoms with E-state index in [0.717, 1.165) is 11.8 Å². The molecule has 0 bridgehead atoms. The van der Waals surface area contributed by atoms with Crippen molar-refractivity contribution in [3.63, 3.8) is 0 Å². The van der Waals surface area contributed by atoms with Gasteiger partial charge in [0.2, 0.25) is 11.8 Å². The largest absolute Gasteiger partial charge is 0.350 e. The van der Waals surface area contributed by atoms with Gasteiger partial charge in [-0.05, 0) is 17.7 Å². The third-order valence-corrected chi connectivity index (χ3v) is 4.40. The van der Waals surface area contributed by atoms with Crippen LogP contribution in [0.4, 0.5) is 5.82 Å². The van der Waals surface area contributed by atoms with Crippen LogP contribution in [0.25, 0.3) is 0 Å². The maximum Gasteiger partial charge on any atom is 0.242 e. The van der Waals surface area contributed by atoms with Gasteiger partial charge in [-0.25, -0.2) is 13.1 Å². The summed E-state index contributed by atoms with van der Waals surface area (Å²) in [5.74, 6) is -0.185. The number of anilines is 1. The van der Waals surface area contributed by atoms with E-state index in [4.69, 9.17) is 0 Å². The molecule has 0 saturated heterocycles. The first-order valence-corrected chi connectivity index (χ1v) is 9.42. The summed E-state index contributed by atoms with van der Waals surface area (Å²) < 4.78 is 24.1. The molecule has 0 spiro atoms. The molecule has 25 heavy (non-hydrogen) atoms. The highest BCUT2D eigenvalue weighted by atomic mass is 32.2. The number of carbonyl (C=O) groups excluding carboxylic acids is 2. The number of hydrogen-bond acceptors (Lipinski definition) is 6. The Bertz CT molecular complexity index is 858. The van der Waals surface area contributed by atoms with Crippen LogP contribution < -0.4 is 10.6 Å². The van der Waals surface area contributed by atoms with E-state index in [1.165, 1.54) is 23.0 Å². The number of carbonyl (C=O) groups is 2. The van der Waals surface area contributed by atoms with Crippen LogP contribution >= 0.6 is 0 Å². The minimum Gasteiger partial charge on any atom is -0.350 e. The molecule has 134 valence electrons. The molecule has 0 fully saturated rings. The predicted molar refractivity (Wildman–Crippen MR) is 90.3 cm³/mol. The number of benzene rings is 1. The molecule has 2 N–H and O–H groups in total. The average molecular weight is 365 g/mol. The number of nitrogens with zero attached hydrogens (tertiary/aromatic N) is 3. The second-order valence-corrected chi connectivity index (χ2v) is 7.41. The number of nitrogens with one attached hydrogen (secondary N) is 2. The molecule has 1 aromatic carbocycles. The standard InChI is InChI=1S/C15H19N5O4S/c1-3-14(21)17-13-9-20(19-18-13)10-15(22)16-8-11-4-6-12(7-5-11)25(2,23)24/h4-7,9H,3,8,10H2,1-2H3,(H,16,22)(H,17,21). The predicted octanol–water partition coefficient (Wildman–Crippen LogP) is 0.346. The van der Waals surface area contributed by atoms with Crippen molar-refractivity contribution in [2.45, 2.75) is 31.3 Å². The Balaban J connectivity index is 1.85. The monoisotopic (exact) mass is 365 g/mol. The van der Waals surface area contributed by atoms with E-state index in [0.29, 0.717) is 6.42 Å². The Kier molecular flexibility index (Phi) is 5.86. The summed E-state index contributed by atoms with van der Waals surface area (Å²) in [5, 5.41) is 12.8. The molecular weight excluding hydrogens is 346 g/mol. The quantitative estimate of drug-likeness (QED) is 0.730. The van der Waals surface area contributed by atoms with E-state index in [-0.39, 0.29) is 35.6 Å². The van der Waals surface area contributed by atoms with Crippen molar-refractivity contribution < 1.29 is 18.0 Å². The molecule has 2 rings (SSSR count). The van der Waals surface area contributed by atoms with Gasteiger partial charge in [0.15, 0.2) is 15.7 Å². The minimum absolute atomic E-state index is 0.0452. The van der Waals surface area contributed by atoms with Gasteiger partial charge in [-0.1, -0.05) is 24.3 Å². The third kappa shape index (κ3) is 5.68. The molecule has 0 unspecified atom stereocenters. The summed E-state index contributed by atoms with van der Waals surface area (Å²) >= 11 is 0. The van der Waals surface area contributed by atoms with Gasteiger partial charge in [0, 0.05) is 19.2 Å². The SMILES string of the molecule is CCC(=O)Nc1cn(CC(=O)NCc2ccc(S(C)(=O)=O)cc2)nn1. The summed E-state index contributed by atoms with van der Waals surface area (Å²) in [7, 11) is -3.24. The van der Waals surface area contributed by atoms with Gasteiger partial charge in [0.25, 0.3) is 0 Å². The van der Waals surface area contributed by atoms with E-state index in [1.54, 1.807) is 19.1 Å². The van der Waals surface area contributed by atoms with Gasteiger partial charge in [-0.15, -0.1) is 5.10 Å². The zero-order valence-electron chi connectivity index (χ0n) is 13.9. The van der Waals surface area contributed by atoms with Crippen LogP contribution in [0, 0.1) is 0 Å². The molecule has 0 aliphatic carbocycles. The van der Waals surface area contributed by atoms with E-state index < -0.39 is 9.84 Å². The first-order chi connectivity index (χ1) is 11.8. The van der Waals surface area contributed by atoms with E-state index >= 15 is 0 Å². The summed E-state index contributed by atoms with van der Waals surface area (Å²) in [4.78, 5) is 23.4. The first-order valence-electron chi connectivity index (χ1n) is 7.53. The van der Waals surface area contributed by atoms with Gasteiger partial charge in [-0.3, -0.25) is 9.59 Å². The Labute approximate surface area is 145 Å². The maximum absolute atomic E-state index is 11.9. The van der Waals surface area contributed by atoms with Crippen molar-refractivity contribution in [3.05, 3.63) is 36.0 Å². The summed E-state index contributed by atoms with van der Waals surface area (Å²) in [6, 6.07) is 6.28. The number of aromatic nitrogens is 3. The highest BCUT2D eigenvalue weighted by Crippen LogP contribution is 2.10. The zero-order valence-corrected chi connectivity index (χ0v) is 14.7. The second-order valence-electron chi connectivity index (χ2n) is 5.40. The number of hydrogen-bond donors (Lipinski definition) is 2. The molecular formula is C15H19N5O4S. The molecule has 0 saturated carbocycles. The zero-order chi connectivity index (χ0) is 18.4. The van der Waals surface area contributed by atoms with Crippen molar-refractivity contribution in [2.24, 2.45) is 0 Å². The molecule has 0 radical (unpaired) electrons. The molecule has 1 heterocycles. The van der Waals surface area contributed by atoms with Crippen molar-refractivity contribution in [1.29, 1.82) is 0 Å². The molecule has 9 nitrogen and oxygen atoms in total.